The average molecular weight is 306 g/mol. The first-order valence-corrected chi connectivity index (χ1v) is 7.06. The number of amides is 1. The van der Waals surface area contributed by atoms with Crippen LogP contribution >= 0.6 is 11.8 Å². The van der Waals surface area contributed by atoms with E-state index in [1.807, 2.05) is 0 Å². The van der Waals surface area contributed by atoms with Crippen LogP contribution in [0, 0.1) is 0 Å². The molecule has 1 aromatic heterocycles. The monoisotopic (exact) mass is 306 g/mol. The summed E-state index contributed by atoms with van der Waals surface area (Å²) < 4.78 is 4.98. The van der Waals surface area contributed by atoms with Gasteiger partial charge < -0.3 is 9.52 Å². The molecule has 21 heavy (non-hydrogen) atoms. The Kier molecular flexibility index (Phi) is 3.30. The van der Waals surface area contributed by atoms with Gasteiger partial charge in [0.1, 0.15) is 6.54 Å². The molecule has 0 saturated heterocycles. The second-order valence-corrected chi connectivity index (χ2v) is 5.27. The second-order valence-electron chi connectivity index (χ2n) is 4.41. The number of oxazole rings is 1. The van der Waals surface area contributed by atoms with Crippen molar-refractivity contribution in [1.29, 1.82) is 0 Å². The van der Waals surface area contributed by atoms with Crippen LogP contribution in [0.15, 0.2) is 32.8 Å². The Morgan fingerprint density at radius 1 is 1.43 bits per heavy atom. The number of thioether (sulfide) groups is 1. The molecule has 2 aromatic rings. The Bertz CT molecular complexity index is 819. The van der Waals surface area contributed by atoms with Crippen molar-refractivity contribution >= 4 is 40.4 Å². The maximum absolute atomic E-state index is 11.9. The van der Waals surface area contributed by atoms with E-state index in [2.05, 4.69) is 4.98 Å². The van der Waals surface area contributed by atoms with Crippen LogP contribution in [-0.2, 0) is 9.59 Å². The number of rotatable bonds is 3. The topological polar surface area (TPSA) is 104 Å². The molecule has 8 heteroatoms. The van der Waals surface area contributed by atoms with Gasteiger partial charge in [0.15, 0.2) is 5.58 Å². The van der Waals surface area contributed by atoms with Gasteiger partial charge in [-0.1, -0.05) is 6.07 Å². The summed E-state index contributed by atoms with van der Waals surface area (Å²) in [6.07, 6.45) is 0. The number of benzene rings is 1. The van der Waals surface area contributed by atoms with Gasteiger partial charge in [-0.25, -0.2) is 4.79 Å². The summed E-state index contributed by atoms with van der Waals surface area (Å²) in [7, 11) is 0. The fourth-order valence-electron chi connectivity index (χ4n) is 2.10. The number of hydrogen-bond donors (Lipinski definition) is 2. The van der Waals surface area contributed by atoms with E-state index < -0.39 is 18.3 Å². The Morgan fingerprint density at radius 3 is 3.00 bits per heavy atom. The summed E-state index contributed by atoms with van der Waals surface area (Å²) in [5.41, 5.74) is 2.01. The first-order valence-electron chi connectivity index (χ1n) is 6.02. The molecular formula is C13H10N2O5S. The van der Waals surface area contributed by atoms with Gasteiger partial charge in [0, 0.05) is 5.56 Å². The molecule has 1 amide bonds. The van der Waals surface area contributed by atoms with Crippen LogP contribution in [0.2, 0.25) is 0 Å². The third-order valence-electron chi connectivity index (χ3n) is 3.00. The van der Waals surface area contributed by atoms with E-state index in [0.29, 0.717) is 22.4 Å². The van der Waals surface area contributed by atoms with Crippen molar-refractivity contribution in [2.45, 2.75) is 0 Å². The molecule has 1 aliphatic rings. The number of hydrogen-bond acceptors (Lipinski definition) is 5. The van der Waals surface area contributed by atoms with Crippen LogP contribution in [0.5, 0.6) is 0 Å². The fourth-order valence-corrected chi connectivity index (χ4v) is 2.91. The largest absolute Gasteiger partial charge is 0.480 e. The fraction of sp³-hybridized carbons (Fsp3) is 0.154. The van der Waals surface area contributed by atoms with Crippen LogP contribution in [0.25, 0.3) is 16.8 Å². The van der Waals surface area contributed by atoms with E-state index in [4.69, 9.17) is 9.52 Å². The van der Waals surface area contributed by atoms with Gasteiger partial charge in [0.2, 0.25) is 5.91 Å². The highest BCUT2D eigenvalue weighted by Crippen LogP contribution is 2.29. The number of carboxylic acids is 1. The van der Waals surface area contributed by atoms with Crippen molar-refractivity contribution < 1.29 is 19.1 Å². The number of nitrogens with zero attached hydrogens (tertiary/aromatic N) is 1. The molecule has 2 N–H and O–H groups in total. The van der Waals surface area contributed by atoms with E-state index in [-0.39, 0.29) is 11.7 Å². The molecule has 3 rings (SSSR count). The molecule has 0 fully saturated rings. The highest BCUT2D eigenvalue weighted by atomic mass is 32.2. The molecule has 0 spiro atoms. The first-order chi connectivity index (χ1) is 10.0. The van der Waals surface area contributed by atoms with Gasteiger partial charge in [-0.05, 0) is 17.5 Å². The lowest BCUT2D eigenvalue weighted by Crippen LogP contribution is -2.37. The zero-order valence-electron chi connectivity index (χ0n) is 10.7. The van der Waals surface area contributed by atoms with Crippen molar-refractivity contribution in [2.24, 2.45) is 0 Å². The van der Waals surface area contributed by atoms with E-state index >= 15 is 0 Å². The zero-order valence-corrected chi connectivity index (χ0v) is 11.5. The van der Waals surface area contributed by atoms with E-state index in [1.54, 1.807) is 23.6 Å². The number of H-pyrrole nitrogens is 1. The Labute approximate surface area is 122 Å². The van der Waals surface area contributed by atoms with Crippen LogP contribution in [0.4, 0.5) is 0 Å². The van der Waals surface area contributed by atoms with Gasteiger partial charge in [-0.3, -0.25) is 19.5 Å². The third kappa shape index (κ3) is 2.57. The molecule has 0 radical (unpaired) electrons. The van der Waals surface area contributed by atoms with Crippen molar-refractivity contribution in [2.75, 3.05) is 12.3 Å². The standard InChI is InChI=1S/C13H10N2O5S/c16-11-6-21-5-9(15(11)4-12(17)18)7-1-2-8-10(3-7)20-13(19)14-8/h1-3,5H,4,6H2,(H,14,19)(H,17,18). The number of fused-ring (bicyclic) bond motifs is 1. The minimum atomic E-state index is -1.09. The average Bonchev–Trinajstić information content (AvgIpc) is 2.79. The molecule has 0 saturated carbocycles. The van der Waals surface area contributed by atoms with Crippen LogP contribution in [-0.4, -0.2) is 39.2 Å². The first kappa shape index (κ1) is 13.5. The van der Waals surface area contributed by atoms with Crippen molar-refractivity contribution in [3.05, 3.63) is 39.7 Å². The normalized spacial score (nSPS) is 15.3. The van der Waals surface area contributed by atoms with Crippen LogP contribution < -0.4 is 5.76 Å². The minimum Gasteiger partial charge on any atom is -0.480 e. The van der Waals surface area contributed by atoms with Gasteiger partial charge >= 0.3 is 11.7 Å². The molecule has 108 valence electrons. The maximum Gasteiger partial charge on any atom is 0.417 e. The van der Waals surface area contributed by atoms with Crippen LogP contribution in [0.3, 0.4) is 0 Å². The van der Waals surface area contributed by atoms with Gasteiger partial charge in [-0.2, -0.15) is 0 Å². The number of aromatic nitrogens is 1. The minimum absolute atomic E-state index is 0.207. The smallest absolute Gasteiger partial charge is 0.417 e. The second kappa shape index (κ2) is 5.13. The Morgan fingerprint density at radius 2 is 2.24 bits per heavy atom. The van der Waals surface area contributed by atoms with Gasteiger partial charge in [0.05, 0.1) is 17.0 Å². The molecule has 7 nitrogen and oxygen atoms in total. The third-order valence-corrected chi connectivity index (χ3v) is 3.81. The highest BCUT2D eigenvalue weighted by Gasteiger charge is 2.25. The summed E-state index contributed by atoms with van der Waals surface area (Å²) in [5, 5.41) is 10.7. The molecule has 0 atom stereocenters. The molecular weight excluding hydrogens is 296 g/mol. The van der Waals surface area contributed by atoms with Crippen molar-refractivity contribution in [1.82, 2.24) is 9.88 Å². The van der Waals surface area contributed by atoms with E-state index in [9.17, 15) is 14.4 Å². The molecule has 2 heterocycles. The summed E-state index contributed by atoms with van der Waals surface area (Å²) in [5.74, 6) is -1.71. The number of aliphatic carboxylic acids is 1. The lowest BCUT2D eigenvalue weighted by molar-refractivity contribution is -0.141. The summed E-state index contributed by atoms with van der Waals surface area (Å²) in [6.45, 7) is -0.402. The lowest BCUT2D eigenvalue weighted by atomic mass is 10.1. The molecule has 1 aromatic carbocycles. The predicted molar refractivity (Wildman–Crippen MR) is 76.6 cm³/mol. The highest BCUT2D eigenvalue weighted by molar-refractivity contribution is 8.03. The summed E-state index contributed by atoms with van der Waals surface area (Å²) >= 11 is 1.30. The van der Waals surface area contributed by atoms with E-state index in [0.717, 1.165) is 0 Å². The molecule has 0 bridgehead atoms. The summed E-state index contributed by atoms with van der Waals surface area (Å²) in [6, 6.07) is 4.96. The quantitative estimate of drug-likeness (QED) is 0.879. The number of aromatic amines is 1. The number of carbonyl (C=O) groups is 2. The van der Waals surface area contributed by atoms with Crippen LogP contribution in [0.1, 0.15) is 5.56 Å². The number of nitrogens with one attached hydrogen (secondary N) is 1. The molecule has 0 unspecified atom stereocenters. The Hall–Kier alpha value is -2.48. The Balaban J connectivity index is 2.05. The lowest BCUT2D eigenvalue weighted by Gasteiger charge is -2.27. The zero-order chi connectivity index (χ0) is 15.0. The molecule has 0 aliphatic carbocycles. The SMILES string of the molecule is O=C(O)CN1C(=O)CSC=C1c1ccc2[nH]c(=O)oc2c1. The predicted octanol–water partition coefficient (Wildman–Crippen LogP) is 1.08. The molecule has 1 aliphatic heterocycles. The number of carboxylic acid groups (broad SMARTS) is 1. The van der Waals surface area contributed by atoms with Gasteiger partial charge in [-0.15, -0.1) is 11.8 Å². The van der Waals surface area contributed by atoms with Crippen molar-refractivity contribution in [3.8, 4) is 0 Å². The van der Waals surface area contributed by atoms with E-state index in [1.165, 1.54) is 16.7 Å². The van der Waals surface area contributed by atoms with Crippen molar-refractivity contribution in [3.63, 3.8) is 0 Å². The summed E-state index contributed by atoms with van der Waals surface area (Å²) in [4.78, 5) is 37.7. The maximum atomic E-state index is 11.9. The number of carbonyl (C=O) groups excluding carboxylic acids is 1. The van der Waals surface area contributed by atoms with Gasteiger partial charge in [0.25, 0.3) is 0 Å².